The molecule has 0 bridgehead atoms. The van der Waals surface area contributed by atoms with Gasteiger partial charge in [-0.2, -0.15) is 0 Å². The molecule has 7 heteroatoms. The summed E-state index contributed by atoms with van der Waals surface area (Å²) in [6.45, 7) is 4.41. The third kappa shape index (κ3) is 3.40. The Labute approximate surface area is 111 Å². The zero-order chi connectivity index (χ0) is 13.8. The number of carbonyl (C=O) groups excluding carboxylic acids is 1. The molecule has 1 aromatic heterocycles. The van der Waals surface area contributed by atoms with Gasteiger partial charge in [-0.3, -0.25) is 4.79 Å². The maximum atomic E-state index is 10.9. The van der Waals surface area contributed by atoms with Crippen LogP contribution in [-0.2, 0) is 16.1 Å². The highest BCUT2D eigenvalue weighted by Gasteiger charge is 2.24. The van der Waals surface area contributed by atoms with E-state index in [1.54, 1.807) is 0 Å². The Kier molecular flexibility index (Phi) is 3.94. The predicted octanol–water partition coefficient (Wildman–Crippen LogP) is 0.390. The minimum atomic E-state index is -0.534. The number of primary amides is 1. The van der Waals surface area contributed by atoms with Crippen LogP contribution in [0.1, 0.15) is 24.9 Å². The quantitative estimate of drug-likeness (QED) is 0.800. The number of aromatic nitrogens is 2. The van der Waals surface area contributed by atoms with Crippen LogP contribution in [0.3, 0.4) is 0 Å². The molecule has 0 radical (unpaired) electrons. The Bertz CT molecular complexity index is 515. The lowest BCUT2D eigenvalue weighted by Crippen LogP contribution is -2.26. The van der Waals surface area contributed by atoms with Crippen LogP contribution in [0.15, 0.2) is 11.2 Å². The molecule has 0 saturated heterocycles. The lowest BCUT2D eigenvalue weighted by atomic mass is 10.2. The first-order valence-electron chi connectivity index (χ1n) is 6.19. The van der Waals surface area contributed by atoms with Crippen molar-refractivity contribution in [1.29, 1.82) is 0 Å². The van der Waals surface area contributed by atoms with Crippen molar-refractivity contribution in [3.8, 4) is 0 Å². The molecule has 19 heavy (non-hydrogen) atoms. The average molecular weight is 263 g/mol. The van der Waals surface area contributed by atoms with Crippen molar-refractivity contribution < 1.29 is 9.63 Å². The molecule has 1 aliphatic rings. The summed E-state index contributed by atoms with van der Waals surface area (Å²) in [6, 6.07) is 1.90. The highest BCUT2D eigenvalue weighted by Crippen LogP contribution is 2.12. The van der Waals surface area contributed by atoms with E-state index in [2.05, 4.69) is 20.4 Å². The molecule has 1 aromatic rings. The van der Waals surface area contributed by atoms with Crippen LogP contribution >= 0.6 is 0 Å². The van der Waals surface area contributed by atoms with Crippen molar-refractivity contribution in [3.05, 3.63) is 17.6 Å². The van der Waals surface area contributed by atoms with Crippen molar-refractivity contribution >= 4 is 17.4 Å². The molecule has 1 aliphatic heterocycles. The molecule has 2 rings (SSSR count). The number of nitrogens with two attached hydrogens (primary N) is 1. The summed E-state index contributed by atoms with van der Waals surface area (Å²) in [5.74, 6) is 0.942. The number of nitrogens with zero attached hydrogens (tertiary/aromatic N) is 3. The summed E-state index contributed by atoms with van der Waals surface area (Å²) < 4.78 is 0. The van der Waals surface area contributed by atoms with Crippen LogP contribution in [0, 0.1) is 6.92 Å². The van der Waals surface area contributed by atoms with Crippen molar-refractivity contribution in [2.75, 3.05) is 11.9 Å². The van der Waals surface area contributed by atoms with Crippen LogP contribution < -0.4 is 11.1 Å². The van der Waals surface area contributed by atoms with Crippen molar-refractivity contribution in [3.63, 3.8) is 0 Å². The van der Waals surface area contributed by atoms with Gasteiger partial charge in [0.2, 0.25) is 0 Å². The number of oxime groups is 1. The van der Waals surface area contributed by atoms with Crippen LogP contribution in [0.5, 0.6) is 0 Å². The van der Waals surface area contributed by atoms with Gasteiger partial charge in [-0.05, 0) is 13.3 Å². The van der Waals surface area contributed by atoms with E-state index in [1.165, 1.54) is 0 Å². The number of rotatable bonds is 5. The third-order valence-electron chi connectivity index (χ3n) is 2.78. The van der Waals surface area contributed by atoms with Crippen molar-refractivity contribution in [2.45, 2.75) is 32.8 Å². The molecule has 1 amide bonds. The zero-order valence-electron chi connectivity index (χ0n) is 11.0. The molecule has 0 aliphatic carbocycles. The molecule has 2 heterocycles. The highest BCUT2D eigenvalue weighted by atomic mass is 16.6. The third-order valence-corrected chi connectivity index (χ3v) is 2.78. The van der Waals surface area contributed by atoms with E-state index in [9.17, 15) is 4.79 Å². The second-order valence-electron chi connectivity index (χ2n) is 4.36. The second kappa shape index (κ2) is 5.64. The van der Waals surface area contributed by atoms with Crippen LogP contribution in [0.25, 0.3) is 0 Å². The molecule has 0 fully saturated rings. The van der Waals surface area contributed by atoms with E-state index >= 15 is 0 Å². The molecular formula is C12H17N5O2. The van der Waals surface area contributed by atoms with E-state index in [1.807, 2.05) is 19.9 Å². The molecule has 102 valence electrons. The first-order valence-corrected chi connectivity index (χ1v) is 6.19. The largest absolute Gasteiger partial charge is 0.390 e. The van der Waals surface area contributed by atoms with Crippen LogP contribution in [0.2, 0.25) is 0 Å². The summed E-state index contributed by atoms with van der Waals surface area (Å²) in [4.78, 5) is 24.6. The molecular weight excluding hydrogens is 246 g/mol. The minimum absolute atomic E-state index is 0.192. The van der Waals surface area contributed by atoms with Gasteiger partial charge in [-0.25, -0.2) is 9.97 Å². The summed E-state index contributed by atoms with van der Waals surface area (Å²) in [5, 5.41) is 6.81. The Morgan fingerprint density at radius 1 is 1.58 bits per heavy atom. The number of hydrogen-bond acceptors (Lipinski definition) is 6. The van der Waals surface area contributed by atoms with E-state index in [0.717, 1.165) is 23.8 Å². The maximum Gasteiger partial charge on any atom is 0.266 e. The van der Waals surface area contributed by atoms with Gasteiger partial charge in [0.1, 0.15) is 17.4 Å². The van der Waals surface area contributed by atoms with Gasteiger partial charge in [0.15, 0.2) is 6.10 Å². The fourth-order valence-electron chi connectivity index (χ4n) is 1.80. The summed E-state index contributed by atoms with van der Waals surface area (Å²) in [7, 11) is 0. The number of carbonyl (C=O) groups is 1. The van der Waals surface area contributed by atoms with Gasteiger partial charge in [0.05, 0.1) is 6.54 Å². The molecule has 0 spiro atoms. The lowest BCUT2D eigenvalue weighted by molar-refractivity contribution is -0.112. The summed E-state index contributed by atoms with van der Waals surface area (Å²) in [6.07, 6.45) is 1.09. The molecule has 1 atom stereocenters. The van der Waals surface area contributed by atoms with E-state index in [-0.39, 0.29) is 11.8 Å². The zero-order valence-corrected chi connectivity index (χ0v) is 11.0. The SMILES string of the molecule is CCc1cc(NC[C@H]2CC(C(N)=O)=NO2)nc(C)n1. The molecule has 0 aromatic carbocycles. The second-order valence-corrected chi connectivity index (χ2v) is 4.36. The summed E-state index contributed by atoms with van der Waals surface area (Å²) >= 11 is 0. The summed E-state index contributed by atoms with van der Waals surface area (Å²) in [5.41, 5.74) is 6.39. The first-order chi connectivity index (χ1) is 9.08. The standard InChI is InChI=1S/C12H17N5O2/c1-3-8-4-11(16-7(2)15-8)14-6-9-5-10(12(13)18)17-19-9/h4,9H,3,5-6H2,1-2H3,(H2,13,18)(H,14,15,16)/t9-/m1/s1. The number of hydrogen-bond donors (Lipinski definition) is 2. The maximum absolute atomic E-state index is 10.9. The topological polar surface area (TPSA) is 102 Å². The van der Waals surface area contributed by atoms with Crippen LogP contribution in [0.4, 0.5) is 5.82 Å². The fourth-order valence-corrected chi connectivity index (χ4v) is 1.80. The Morgan fingerprint density at radius 2 is 2.37 bits per heavy atom. The highest BCUT2D eigenvalue weighted by molar-refractivity contribution is 6.38. The average Bonchev–Trinajstić information content (AvgIpc) is 2.84. The molecule has 0 unspecified atom stereocenters. The first kappa shape index (κ1) is 13.3. The van der Waals surface area contributed by atoms with Crippen LogP contribution in [-0.4, -0.2) is 34.2 Å². The molecule has 0 saturated carbocycles. The molecule has 3 N–H and O–H groups in total. The Hall–Kier alpha value is -2.18. The molecule has 7 nitrogen and oxygen atoms in total. The van der Waals surface area contributed by atoms with Gasteiger partial charge in [0.25, 0.3) is 5.91 Å². The normalized spacial score (nSPS) is 17.8. The van der Waals surface area contributed by atoms with E-state index in [4.69, 9.17) is 10.6 Å². The lowest BCUT2D eigenvalue weighted by Gasteiger charge is -2.11. The number of aryl methyl sites for hydroxylation is 2. The predicted molar refractivity (Wildman–Crippen MR) is 70.8 cm³/mol. The number of nitrogens with one attached hydrogen (secondary N) is 1. The van der Waals surface area contributed by atoms with Gasteiger partial charge < -0.3 is 15.9 Å². The number of anilines is 1. The van der Waals surface area contributed by atoms with Gasteiger partial charge >= 0.3 is 0 Å². The fraction of sp³-hybridized carbons (Fsp3) is 0.500. The number of amides is 1. The Balaban J connectivity index is 1.90. The van der Waals surface area contributed by atoms with Gasteiger partial charge in [-0.15, -0.1) is 0 Å². The van der Waals surface area contributed by atoms with E-state index < -0.39 is 5.91 Å². The monoisotopic (exact) mass is 263 g/mol. The minimum Gasteiger partial charge on any atom is -0.390 e. The van der Waals surface area contributed by atoms with E-state index in [0.29, 0.717) is 13.0 Å². The van der Waals surface area contributed by atoms with Crippen molar-refractivity contribution in [2.24, 2.45) is 10.9 Å². The smallest absolute Gasteiger partial charge is 0.266 e. The Morgan fingerprint density at radius 3 is 3.00 bits per heavy atom. The van der Waals surface area contributed by atoms with Gasteiger partial charge in [0, 0.05) is 18.2 Å². The van der Waals surface area contributed by atoms with Crippen molar-refractivity contribution in [1.82, 2.24) is 9.97 Å². The van der Waals surface area contributed by atoms with Gasteiger partial charge in [-0.1, -0.05) is 12.1 Å².